The minimum Gasteiger partial charge on any atom is -0.490 e. The summed E-state index contributed by atoms with van der Waals surface area (Å²) in [6.45, 7) is 18.9. The van der Waals surface area contributed by atoms with Crippen LogP contribution < -0.4 is 15.1 Å². The smallest absolute Gasteiger partial charge is 0.394 e. The lowest BCUT2D eigenvalue weighted by Crippen LogP contribution is -2.68. The van der Waals surface area contributed by atoms with Crippen LogP contribution in [0.5, 0.6) is 5.75 Å². The Kier molecular flexibility index (Phi) is 14.2. The number of esters is 1. The molecule has 1 saturated carbocycles. The van der Waals surface area contributed by atoms with E-state index >= 15 is 13.2 Å². The molecule has 1 heterocycles. The lowest BCUT2D eigenvalue weighted by molar-refractivity contribution is -0.194. The van der Waals surface area contributed by atoms with Crippen molar-refractivity contribution in [1.82, 2.24) is 0 Å². The van der Waals surface area contributed by atoms with Crippen LogP contribution in [0.15, 0.2) is 91.0 Å². The summed E-state index contributed by atoms with van der Waals surface area (Å²) in [6.07, 6.45) is 1.63. The number of aryl methyl sites for hydroxylation is 1. The Hall–Kier alpha value is -3.19. The SMILES string of the molecule is CCCCC(C(/C=C/[C@@H]1[C@H]2CCCc3ccc(C(=O)OC)cc3O[C@H]2C[C@H]1O[Si](c1ccccc1)(c1ccccc1)C(C)(C)C)O[Si](C)(C)C(C)(C)C)C(F)(F)F. The van der Waals surface area contributed by atoms with Gasteiger partial charge in [-0.05, 0) is 76.9 Å². The highest BCUT2D eigenvalue weighted by Crippen LogP contribution is 2.48. The Morgan fingerprint density at radius 2 is 1.53 bits per heavy atom. The molecule has 0 saturated heterocycles. The molecule has 312 valence electrons. The van der Waals surface area contributed by atoms with E-state index in [0.29, 0.717) is 30.6 Å². The molecule has 0 N–H and O–H groups in total. The standard InChI is InChI=1S/C47H65F3O5Si2/c1-11-12-26-39(47(48,49)50)40(54-56(9,10)45(2,3)4)30-29-38-37-25-19-20-33-27-28-34(44(51)52-8)31-41(33)53-42(37)32-43(38)55-57(46(5,6)7,35-21-15-13-16-22-35)36-23-17-14-18-24-36/h13-18,21-24,27-31,37-40,42-43H,11-12,19-20,25-26,32H2,1-10H3/b30-29+/t37-,38-,39?,40?,42+,43-/m1/s1. The van der Waals surface area contributed by atoms with Crippen molar-refractivity contribution in [2.45, 2.75) is 141 Å². The number of methoxy groups -OCH3 is 1. The molecule has 10 heteroatoms. The summed E-state index contributed by atoms with van der Waals surface area (Å²) in [5.74, 6) is -1.72. The van der Waals surface area contributed by atoms with Crippen LogP contribution in [-0.4, -0.2) is 54.2 Å². The minimum atomic E-state index is -4.43. The van der Waals surface area contributed by atoms with Crippen LogP contribution >= 0.6 is 0 Å². The second-order valence-corrected chi connectivity index (χ2v) is 27.7. The van der Waals surface area contributed by atoms with Gasteiger partial charge in [-0.2, -0.15) is 13.2 Å². The molecule has 3 aromatic carbocycles. The molecule has 5 rings (SSSR count). The summed E-state index contributed by atoms with van der Waals surface area (Å²) in [7, 11) is -4.36. The topological polar surface area (TPSA) is 54.0 Å². The maximum Gasteiger partial charge on any atom is 0.394 e. The largest absolute Gasteiger partial charge is 0.490 e. The fraction of sp³-hybridized carbons (Fsp3) is 0.553. The monoisotopic (exact) mass is 822 g/mol. The molecular weight excluding hydrogens is 758 g/mol. The van der Waals surface area contributed by atoms with Crippen LogP contribution in [0.4, 0.5) is 13.2 Å². The molecule has 2 aliphatic rings. The summed E-state index contributed by atoms with van der Waals surface area (Å²) in [5, 5.41) is 1.68. The molecule has 3 aromatic rings. The van der Waals surface area contributed by atoms with E-state index in [1.807, 2.05) is 44.3 Å². The van der Waals surface area contributed by atoms with Gasteiger partial charge in [0.1, 0.15) is 11.9 Å². The normalized spacial score (nSPS) is 21.8. The third-order valence-electron chi connectivity index (χ3n) is 12.8. The highest BCUT2D eigenvalue weighted by molar-refractivity contribution is 6.99. The van der Waals surface area contributed by atoms with Crippen LogP contribution in [-0.2, 0) is 20.0 Å². The molecule has 0 amide bonds. The number of ether oxygens (including phenoxy) is 2. The molecule has 0 bridgehead atoms. The zero-order valence-electron chi connectivity index (χ0n) is 35.7. The van der Waals surface area contributed by atoms with E-state index in [1.165, 1.54) is 7.11 Å². The van der Waals surface area contributed by atoms with Gasteiger partial charge in [0.25, 0.3) is 8.32 Å². The van der Waals surface area contributed by atoms with E-state index in [1.54, 1.807) is 18.2 Å². The first-order valence-electron chi connectivity index (χ1n) is 20.8. The van der Waals surface area contributed by atoms with E-state index < -0.39 is 40.8 Å². The molecule has 5 nitrogen and oxygen atoms in total. The molecule has 2 unspecified atom stereocenters. The zero-order valence-corrected chi connectivity index (χ0v) is 37.7. The van der Waals surface area contributed by atoms with Crippen LogP contribution in [0.25, 0.3) is 0 Å². The van der Waals surface area contributed by atoms with Crippen molar-refractivity contribution in [3.63, 3.8) is 0 Å². The van der Waals surface area contributed by atoms with Gasteiger partial charge in [0, 0.05) is 18.3 Å². The minimum absolute atomic E-state index is 0.00473. The number of rotatable bonds is 13. The Bertz CT molecular complexity index is 1760. The number of hydrogen-bond donors (Lipinski definition) is 0. The summed E-state index contributed by atoms with van der Waals surface area (Å²) < 4.78 is 72.0. The van der Waals surface area contributed by atoms with E-state index in [9.17, 15) is 4.79 Å². The predicted octanol–water partition coefficient (Wildman–Crippen LogP) is 11.5. The van der Waals surface area contributed by atoms with Crippen LogP contribution in [0.3, 0.4) is 0 Å². The average molecular weight is 823 g/mol. The van der Waals surface area contributed by atoms with Gasteiger partial charge in [-0.15, -0.1) is 0 Å². The number of fused-ring (bicyclic) bond motifs is 2. The molecule has 0 spiro atoms. The Balaban J connectivity index is 1.68. The zero-order chi connectivity index (χ0) is 41.8. The molecule has 1 aliphatic carbocycles. The highest BCUT2D eigenvalue weighted by Gasteiger charge is 2.55. The highest BCUT2D eigenvalue weighted by atomic mass is 28.4. The first kappa shape index (κ1) is 44.9. The molecule has 1 fully saturated rings. The lowest BCUT2D eigenvalue weighted by atomic mass is 9.86. The summed E-state index contributed by atoms with van der Waals surface area (Å²) in [6, 6.07) is 26.4. The van der Waals surface area contributed by atoms with Gasteiger partial charge in [-0.1, -0.05) is 140 Å². The predicted molar refractivity (Wildman–Crippen MR) is 230 cm³/mol. The van der Waals surface area contributed by atoms with Crippen LogP contribution in [0.1, 0.15) is 103 Å². The first-order valence-corrected chi connectivity index (χ1v) is 25.6. The maximum atomic E-state index is 15.1. The second-order valence-electron chi connectivity index (χ2n) is 18.7. The molecule has 1 aliphatic heterocycles. The third kappa shape index (κ3) is 9.99. The van der Waals surface area contributed by atoms with E-state index in [2.05, 4.69) is 90.1 Å². The third-order valence-corrected chi connectivity index (χ3v) is 22.3. The lowest BCUT2D eigenvalue weighted by Gasteiger charge is -2.45. The molecule has 57 heavy (non-hydrogen) atoms. The Morgan fingerprint density at radius 3 is 2.05 bits per heavy atom. The number of hydrogen-bond acceptors (Lipinski definition) is 5. The van der Waals surface area contributed by atoms with Crippen molar-refractivity contribution in [1.29, 1.82) is 0 Å². The molecule has 0 radical (unpaired) electrons. The van der Waals surface area contributed by atoms with Gasteiger partial charge in [0.2, 0.25) is 0 Å². The van der Waals surface area contributed by atoms with Gasteiger partial charge in [0.05, 0.1) is 30.8 Å². The summed E-state index contributed by atoms with van der Waals surface area (Å²) >= 11 is 0. The average Bonchev–Trinajstić information content (AvgIpc) is 3.44. The van der Waals surface area contributed by atoms with Crippen molar-refractivity contribution in [3.8, 4) is 5.75 Å². The van der Waals surface area contributed by atoms with Crippen LogP contribution in [0.2, 0.25) is 23.2 Å². The van der Waals surface area contributed by atoms with Gasteiger partial charge >= 0.3 is 12.1 Å². The first-order chi connectivity index (χ1) is 26.7. The van der Waals surface area contributed by atoms with Gasteiger partial charge in [0.15, 0.2) is 8.32 Å². The van der Waals surface area contributed by atoms with Gasteiger partial charge in [-0.25, -0.2) is 4.79 Å². The van der Waals surface area contributed by atoms with E-state index in [-0.39, 0.29) is 40.5 Å². The van der Waals surface area contributed by atoms with Crippen molar-refractivity contribution in [3.05, 3.63) is 102 Å². The maximum absolute atomic E-state index is 15.1. The molecular formula is C47H65F3O5Si2. The van der Waals surface area contributed by atoms with E-state index in [0.717, 1.165) is 35.2 Å². The second kappa shape index (κ2) is 18.0. The fourth-order valence-corrected chi connectivity index (χ4v) is 14.7. The number of halogens is 3. The van der Waals surface area contributed by atoms with Crippen molar-refractivity contribution in [2.75, 3.05) is 7.11 Å². The number of carbonyl (C=O) groups excluding carboxylic acids is 1. The van der Waals surface area contributed by atoms with Crippen molar-refractivity contribution >= 4 is 33.0 Å². The number of carbonyl (C=O) groups is 1. The van der Waals surface area contributed by atoms with Gasteiger partial charge in [-0.3, -0.25) is 0 Å². The summed E-state index contributed by atoms with van der Waals surface area (Å²) in [5.41, 5.74) is 1.44. The summed E-state index contributed by atoms with van der Waals surface area (Å²) in [4.78, 5) is 12.6. The molecule has 0 aromatic heterocycles. The van der Waals surface area contributed by atoms with Crippen LogP contribution in [0, 0.1) is 17.8 Å². The van der Waals surface area contributed by atoms with E-state index in [4.69, 9.17) is 18.3 Å². The number of benzene rings is 3. The van der Waals surface area contributed by atoms with Crippen molar-refractivity contribution in [2.24, 2.45) is 17.8 Å². The Labute approximate surface area is 342 Å². The molecule has 6 atom stereocenters. The number of unbranched alkanes of at least 4 members (excludes halogenated alkanes) is 1. The Morgan fingerprint density at radius 1 is 0.912 bits per heavy atom. The fourth-order valence-electron chi connectivity index (χ4n) is 8.67. The van der Waals surface area contributed by atoms with Gasteiger partial charge < -0.3 is 18.3 Å². The number of alkyl halides is 3. The quantitative estimate of drug-likeness (QED) is 0.0976. The van der Waals surface area contributed by atoms with Crippen molar-refractivity contribution < 1.29 is 36.3 Å².